The molecule has 10 heteroatoms. The summed E-state index contributed by atoms with van der Waals surface area (Å²) >= 11 is 0. The minimum Gasteiger partial charge on any atom is -0.462 e. The number of hydrogen-bond donors (Lipinski definition) is 1. The number of hydrogen-bond acceptors (Lipinski definition) is 7. The molecule has 0 heterocycles. The number of allylic oxidation sites excluding steroid dienone is 12. The standard InChI is InChI=1S/C43H74NO8P/c1-6-8-10-12-14-16-18-20-21-22-24-25-27-29-31-33-35-42(45)49-39-41(40-51-53(47,48)50-38-37-44(3,4)5)52-43(46)36-34-32-30-28-26-23-19-17-15-13-11-9-7-2/h8-11,13-17,19-21,41H,6-7,12,18,22-40H2,1-5H3/p+1/b10-8+,11-9+,15-13+,16-14+,19-17+,21-20+. The SMILES string of the molecule is CC/C=C/C=C/C=C/CCCCCCCC(=O)OC(COC(=O)CCCCCCCC/C=C/C/C=C/C/C=C/CC)COP(=O)(O)OCC[N+](C)(C)C. The maximum absolute atomic E-state index is 12.6. The molecule has 0 aromatic carbocycles. The summed E-state index contributed by atoms with van der Waals surface area (Å²) in [4.78, 5) is 35.3. The molecule has 0 spiro atoms. The molecule has 0 bridgehead atoms. The number of carbonyl (C=O) groups is 2. The third-order valence-corrected chi connectivity index (χ3v) is 9.03. The van der Waals surface area contributed by atoms with Gasteiger partial charge < -0.3 is 18.9 Å². The van der Waals surface area contributed by atoms with Crippen LogP contribution < -0.4 is 0 Å². The van der Waals surface area contributed by atoms with Gasteiger partial charge in [-0.15, -0.1) is 0 Å². The number of unbranched alkanes of at least 4 members (excludes halogenated alkanes) is 11. The fourth-order valence-corrected chi connectivity index (χ4v) is 5.65. The first-order valence-corrected chi connectivity index (χ1v) is 21.7. The predicted octanol–water partition coefficient (Wildman–Crippen LogP) is 11.1. The van der Waals surface area contributed by atoms with Crippen molar-refractivity contribution in [3.05, 3.63) is 72.9 Å². The number of esters is 2. The Balaban J connectivity index is 4.46. The molecular weight excluding hydrogens is 689 g/mol. The van der Waals surface area contributed by atoms with Crippen molar-refractivity contribution in [1.82, 2.24) is 0 Å². The molecule has 304 valence electrons. The van der Waals surface area contributed by atoms with Gasteiger partial charge >= 0.3 is 19.8 Å². The van der Waals surface area contributed by atoms with Crippen LogP contribution in [0.25, 0.3) is 0 Å². The molecule has 0 aliphatic heterocycles. The van der Waals surface area contributed by atoms with Gasteiger partial charge in [-0.25, -0.2) is 4.57 Å². The smallest absolute Gasteiger partial charge is 0.462 e. The summed E-state index contributed by atoms with van der Waals surface area (Å²) in [5.41, 5.74) is 0. The van der Waals surface area contributed by atoms with Crippen LogP contribution in [0, 0.1) is 0 Å². The van der Waals surface area contributed by atoms with Crippen LogP contribution in [0.4, 0.5) is 0 Å². The summed E-state index contributed by atoms with van der Waals surface area (Å²) < 4.78 is 34.2. The van der Waals surface area contributed by atoms with Crippen molar-refractivity contribution in [2.75, 3.05) is 47.5 Å². The number of quaternary nitrogens is 1. The molecule has 1 N–H and O–H groups in total. The van der Waals surface area contributed by atoms with Gasteiger partial charge in [0.25, 0.3) is 0 Å². The average Bonchev–Trinajstić information content (AvgIpc) is 3.10. The van der Waals surface area contributed by atoms with E-state index in [9.17, 15) is 19.0 Å². The van der Waals surface area contributed by atoms with Gasteiger partial charge in [-0.3, -0.25) is 18.6 Å². The molecule has 0 aliphatic carbocycles. The van der Waals surface area contributed by atoms with Crippen LogP contribution in [0.2, 0.25) is 0 Å². The number of rotatable bonds is 35. The summed E-state index contributed by atoms with van der Waals surface area (Å²) in [6.45, 7) is 4.11. The number of likely N-dealkylation sites (N-methyl/N-ethyl adjacent to an activating group) is 1. The Kier molecular flexibility index (Phi) is 33.5. The zero-order valence-corrected chi connectivity index (χ0v) is 34.9. The van der Waals surface area contributed by atoms with Crippen molar-refractivity contribution in [1.29, 1.82) is 0 Å². The highest BCUT2D eigenvalue weighted by Gasteiger charge is 2.27. The van der Waals surface area contributed by atoms with E-state index in [4.69, 9.17) is 18.5 Å². The lowest BCUT2D eigenvalue weighted by Gasteiger charge is -2.24. The highest BCUT2D eigenvalue weighted by atomic mass is 31.2. The maximum Gasteiger partial charge on any atom is 0.472 e. The van der Waals surface area contributed by atoms with E-state index in [0.29, 0.717) is 17.4 Å². The van der Waals surface area contributed by atoms with Crippen LogP contribution in [0.5, 0.6) is 0 Å². The summed E-state index contributed by atoms with van der Waals surface area (Å²) in [6.07, 6.45) is 42.3. The first kappa shape index (κ1) is 50.5. The van der Waals surface area contributed by atoms with Crippen LogP contribution in [0.3, 0.4) is 0 Å². The molecule has 0 saturated heterocycles. The highest BCUT2D eigenvalue weighted by molar-refractivity contribution is 7.47. The van der Waals surface area contributed by atoms with Gasteiger partial charge in [0.1, 0.15) is 19.8 Å². The minimum atomic E-state index is -4.38. The number of ether oxygens (including phenoxy) is 2. The number of phosphoric ester groups is 1. The van der Waals surface area contributed by atoms with Crippen molar-refractivity contribution < 1.29 is 42.1 Å². The Morgan fingerprint density at radius 1 is 0.604 bits per heavy atom. The molecule has 0 aliphatic rings. The molecule has 0 saturated carbocycles. The molecule has 9 nitrogen and oxygen atoms in total. The molecule has 2 atom stereocenters. The van der Waals surface area contributed by atoms with Crippen LogP contribution in [-0.4, -0.2) is 74.9 Å². The van der Waals surface area contributed by atoms with Crippen molar-refractivity contribution in [2.45, 2.75) is 142 Å². The summed E-state index contributed by atoms with van der Waals surface area (Å²) in [5, 5.41) is 0. The van der Waals surface area contributed by atoms with Crippen LogP contribution in [0.1, 0.15) is 136 Å². The average molecular weight is 765 g/mol. The van der Waals surface area contributed by atoms with Gasteiger partial charge in [0, 0.05) is 12.8 Å². The van der Waals surface area contributed by atoms with Gasteiger partial charge in [-0.05, 0) is 64.2 Å². The zero-order valence-electron chi connectivity index (χ0n) is 34.0. The lowest BCUT2D eigenvalue weighted by molar-refractivity contribution is -0.870. The summed E-state index contributed by atoms with van der Waals surface area (Å²) in [5.74, 6) is -0.847. The largest absolute Gasteiger partial charge is 0.472 e. The summed E-state index contributed by atoms with van der Waals surface area (Å²) in [6, 6.07) is 0. The number of phosphoric acid groups is 1. The summed E-state index contributed by atoms with van der Waals surface area (Å²) in [7, 11) is 1.44. The number of nitrogens with zero attached hydrogens (tertiary/aromatic N) is 1. The Bertz CT molecular complexity index is 1140. The zero-order chi connectivity index (χ0) is 39.3. The molecule has 0 aromatic heterocycles. The van der Waals surface area contributed by atoms with Gasteiger partial charge in [-0.2, -0.15) is 0 Å². The lowest BCUT2D eigenvalue weighted by Crippen LogP contribution is -2.37. The van der Waals surface area contributed by atoms with Gasteiger partial charge in [0.05, 0.1) is 27.7 Å². The molecule has 0 radical (unpaired) electrons. The molecule has 0 aromatic rings. The second kappa shape index (κ2) is 35.2. The molecular formula is C43H75NO8P+. The van der Waals surface area contributed by atoms with E-state index in [0.717, 1.165) is 89.9 Å². The second-order valence-electron chi connectivity index (χ2n) is 14.3. The van der Waals surface area contributed by atoms with E-state index in [1.54, 1.807) is 0 Å². The molecule has 2 unspecified atom stereocenters. The van der Waals surface area contributed by atoms with Crippen LogP contribution in [0.15, 0.2) is 72.9 Å². The molecule has 0 fully saturated rings. The van der Waals surface area contributed by atoms with Crippen LogP contribution in [-0.2, 0) is 32.7 Å². The maximum atomic E-state index is 12.6. The predicted molar refractivity (Wildman–Crippen MR) is 219 cm³/mol. The van der Waals surface area contributed by atoms with E-state index in [1.807, 2.05) is 39.4 Å². The Hall–Kier alpha value is -2.55. The van der Waals surface area contributed by atoms with Gasteiger partial charge in [0.15, 0.2) is 6.10 Å². The Labute approximate surface area is 323 Å². The molecule has 0 rings (SSSR count). The third kappa shape index (κ3) is 39.0. The lowest BCUT2D eigenvalue weighted by atomic mass is 10.1. The van der Waals surface area contributed by atoms with E-state index in [2.05, 4.69) is 68.5 Å². The van der Waals surface area contributed by atoms with E-state index < -0.39 is 32.5 Å². The number of carbonyl (C=O) groups excluding carboxylic acids is 2. The van der Waals surface area contributed by atoms with Crippen molar-refractivity contribution in [3.8, 4) is 0 Å². The Morgan fingerprint density at radius 3 is 1.72 bits per heavy atom. The third-order valence-electron chi connectivity index (χ3n) is 8.04. The Morgan fingerprint density at radius 2 is 1.11 bits per heavy atom. The van der Waals surface area contributed by atoms with Crippen molar-refractivity contribution in [2.24, 2.45) is 0 Å². The quantitative estimate of drug-likeness (QED) is 0.0170. The molecule has 0 amide bonds. The van der Waals surface area contributed by atoms with Crippen LogP contribution >= 0.6 is 7.82 Å². The minimum absolute atomic E-state index is 0.0210. The second-order valence-corrected chi connectivity index (χ2v) is 15.8. The normalized spacial score (nSPS) is 14.5. The molecule has 53 heavy (non-hydrogen) atoms. The topological polar surface area (TPSA) is 108 Å². The first-order chi connectivity index (χ1) is 25.5. The van der Waals surface area contributed by atoms with Gasteiger partial charge in [0.2, 0.25) is 0 Å². The monoisotopic (exact) mass is 765 g/mol. The van der Waals surface area contributed by atoms with E-state index >= 15 is 0 Å². The van der Waals surface area contributed by atoms with Crippen molar-refractivity contribution >= 4 is 19.8 Å². The van der Waals surface area contributed by atoms with E-state index in [1.165, 1.54) is 12.8 Å². The fraction of sp³-hybridized carbons (Fsp3) is 0.674. The first-order valence-electron chi connectivity index (χ1n) is 20.2. The van der Waals surface area contributed by atoms with E-state index in [-0.39, 0.29) is 26.1 Å². The highest BCUT2D eigenvalue weighted by Crippen LogP contribution is 2.43. The van der Waals surface area contributed by atoms with Crippen molar-refractivity contribution in [3.63, 3.8) is 0 Å². The van der Waals surface area contributed by atoms with Gasteiger partial charge in [-0.1, -0.05) is 132 Å². The fourth-order valence-electron chi connectivity index (χ4n) is 4.91.